The summed E-state index contributed by atoms with van der Waals surface area (Å²) in [4.78, 5) is 23.7. The fourth-order valence-electron chi connectivity index (χ4n) is 6.38. The highest BCUT2D eigenvalue weighted by atomic mass is 19.2. The molecule has 17 heteroatoms. The monoisotopic (exact) mass is 751 g/mol. The number of aromatic amines is 3. The summed E-state index contributed by atoms with van der Waals surface area (Å²) < 4.78 is 149. The Bertz CT molecular complexity index is 2870. The van der Waals surface area contributed by atoms with E-state index in [4.69, 9.17) is 0 Å². The number of hydrogen-bond donors (Lipinski definition) is 3. The van der Waals surface area contributed by atoms with Crippen LogP contribution in [0.4, 0.5) is 49.6 Å². The second-order valence-corrected chi connectivity index (χ2v) is 11.9. The summed E-state index contributed by atoms with van der Waals surface area (Å²) in [6, 6.07) is 12.6. The zero-order chi connectivity index (χ0) is 38.3. The molecule has 54 heavy (non-hydrogen) atoms. The van der Waals surface area contributed by atoms with Crippen LogP contribution in [0.1, 0.15) is 11.4 Å². The average molecular weight is 752 g/mol. The number of hydrogen-bond acceptors (Lipinski definition) is 3. The minimum absolute atomic E-state index is 0.0466. The molecule has 1 aliphatic heterocycles. The van der Waals surface area contributed by atoms with E-state index in [0.717, 1.165) is 12.1 Å². The summed E-state index contributed by atoms with van der Waals surface area (Å²) in [5.74, 6) is -22.3. The van der Waals surface area contributed by atoms with Crippen molar-refractivity contribution in [2.45, 2.75) is 0 Å². The zero-order valence-corrected chi connectivity index (χ0v) is 26.4. The van der Waals surface area contributed by atoms with Crippen LogP contribution in [-0.4, -0.2) is 24.9 Å². The Morgan fingerprint density at radius 2 is 0.741 bits per heavy atom. The molecule has 0 fully saturated rings. The van der Waals surface area contributed by atoms with Gasteiger partial charge in [0.2, 0.25) is 11.6 Å². The maximum atomic E-state index is 15.5. The summed E-state index contributed by atoms with van der Waals surface area (Å²) >= 11 is 0. The van der Waals surface area contributed by atoms with Crippen LogP contribution in [0.3, 0.4) is 0 Å². The first-order chi connectivity index (χ1) is 25.8. The number of H-pyrrole nitrogens is 3. The third-order valence-corrected chi connectivity index (χ3v) is 8.86. The zero-order valence-electron chi connectivity index (χ0n) is 26.4. The maximum absolute atomic E-state index is 15.5. The Morgan fingerprint density at radius 1 is 0.407 bits per heavy atom. The van der Waals surface area contributed by atoms with Gasteiger partial charge in [0, 0.05) is 50.9 Å². The summed E-state index contributed by atoms with van der Waals surface area (Å²) in [6.45, 7) is 0. The Hall–Kier alpha value is -6.91. The van der Waals surface area contributed by atoms with E-state index in [0.29, 0.717) is 0 Å². The number of non-ortho nitro benzene ring substituents is 1. The molecule has 8 bridgehead atoms. The van der Waals surface area contributed by atoms with Crippen molar-refractivity contribution >= 4 is 50.9 Å². The first kappa shape index (κ1) is 34.2. The largest absolute Gasteiger partial charge is 0.354 e. The normalized spacial score (nSPS) is 12.0. The molecule has 0 atom stereocenters. The van der Waals surface area contributed by atoms with Gasteiger partial charge in [0.1, 0.15) is 0 Å². The van der Waals surface area contributed by atoms with Crippen molar-refractivity contribution in [3.8, 4) is 33.4 Å². The molecule has 0 spiro atoms. The second kappa shape index (κ2) is 12.4. The molecule has 3 N–H and O–H groups in total. The highest BCUT2D eigenvalue weighted by Crippen LogP contribution is 2.41. The second-order valence-electron chi connectivity index (χ2n) is 11.9. The topological polar surface area (TPSA) is 103 Å². The van der Waals surface area contributed by atoms with Gasteiger partial charge in [0.25, 0.3) is 5.69 Å². The predicted molar refractivity (Wildman–Crippen MR) is 178 cm³/mol. The number of rotatable bonds is 4. The summed E-state index contributed by atoms with van der Waals surface area (Å²) in [5.41, 5.74) is -4.53. The molecule has 5 heterocycles. The molecule has 1 aliphatic rings. The van der Waals surface area contributed by atoms with Crippen molar-refractivity contribution in [1.29, 1.82) is 0 Å². The van der Waals surface area contributed by atoms with Crippen LogP contribution >= 0.6 is 0 Å². The van der Waals surface area contributed by atoms with Gasteiger partial charge >= 0.3 is 0 Å². The number of nitrogens with one attached hydrogen (secondary N) is 3. The minimum atomic E-state index is -2.40. The molecule has 0 unspecified atom stereocenters. The van der Waals surface area contributed by atoms with Gasteiger partial charge in [0.15, 0.2) is 46.5 Å². The fourth-order valence-corrected chi connectivity index (χ4v) is 6.38. The first-order valence-electron chi connectivity index (χ1n) is 15.4. The van der Waals surface area contributed by atoms with Gasteiger partial charge in [-0.2, -0.15) is 0 Å². The lowest BCUT2D eigenvalue weighted by atomic mass is 10.0. The van der Waals surface area contributed by atoms with Crippen molar-refractivity contribution in [1.82, 2.24) is 19.9 Å². The van der Waals surface area contributed by atoms with E-state index in [2.05, 4.69) is 19.9 Å². The molecular weight excluding hydrogens is 736 g/mol. The quantitative estimate of drug-likeness (QED) is 0.0548. The van der Waals surface area contributed by atoms with Crippen molar-refractivity contribution < 1.29 is 48.8 Å². The molecule has 0 amide bonds. The number of halogens is 10. The van der Waals surface area contributed by atoms with Crippen molar-refractivity contribution in [2.24, 2.45) is 0 Å². The lowest BCUT2D eigenvalue weighted by molar-refractivity contribution is -0.384. The van der Waals surface area contributed by atoms with E-state index in [-0.39, 0.29) is 61.3 Å². The molecular formula is C37H15F10N5O2. The van der Waals surface area contributed by atoms with E-state index in [1.54, 1.807) is 0 Å². The van der Waals surface area contributed by atoms with Crippen molar-refractivity contribution in [3.63, 3.8) is 0 Å². The van der Waals surface area contributed by atoms with Crippen LogP contribution < -0.4 is 0 Å². The van der Waals surface area contributed by atoms with Crippen molar-refractivity contribution in [2.75, 3.05) is 0 Å². The summed E-state index contributed by atoms with van der Waals surface area (Å²) in [7, 11) is 0. The molecule has 0 aliphatic carbocycles. The Morgan fingerprint density at radius 3 is 1.19 bits per heavy atom. The number of nitro benzene ring substituents is 1. The summed E-state index contributed by atoms with van der Waals surface area (Å²) in [6.07, 6.45) is 2.52. The van der Waals surface area contributed by atoms with E-state index < -0.39 is 85.3 Å². The van der Waals surface area contributed by atoms with Crippen molar-refractivity contribution in [3.05, 3.63) is 140 Å². The molecule has 0 saturated heterocycles. The number of fused-ring (bicyclic) bond motifs is 9. The average Bonchev–Trinajstić information content (AvgIpc) is 4.00. The molecule has 7 nitrogen and oxygen atoms in total. The third-order valence-electron chi connectivity index (χ3n) is 8.86. The van der Waals surface area contributed by atoms with Crippen LogP contribution in [-0.2, 0) is 0 Å². The molecule has 0 saturated carbocycles. The standard InChI is InChI=1S/C37H15F10N5O2/c38-28-26(29(39)33(43)36(46)32(28)42)24-19-7-5-15(48-19)16-6-8-20(49-16)25(27-30(40)34(44)37(47)35(45)31(27)41)22-12-10-18(51-22)23(17-9-11-21(24)50-17)13-1-3-14(4-2-13)52(53)54/h1-12,48-50H. The lowest BCUT2D eigenvalue weighted by Crippen LogP contribution is -2.05. The van der Waals surface area contributed by atoms with Gasteiger partial charge in [-0.15, -0.1) is 0 Å². The van der Waals surface area contributed by atoms with Gasteiger partial charge in [-0.1, -0.05) is 0 Å². The fraction of sp³-hybridized carbons (Fsp3) is 0. The van der Waals surface area contributed by atoms with E-state index in [1.807, 2.05) is 0 Å². The molecule has 0 radical (unpaired) electrons. The van der Waals surface area contributed by atoms with Crippen LogP contribution in [0.5, 0.6) is 0 Å². The Balaban J connectivity index is 1.59. The predicted octanol–water partition coefficient (Wildman–Crippen LogP) is 11.0. The first-order valence-corrected chi connectivity index (χ1v) is 15.4. The van der Waals surface area contributed by atoms with Crippen LogP contribution in [0.25, 0.3) is 78.6 Å². The highest BCUT2D eigenvalue weighted by molar-refractivity contribution is 6.00. The molecule has 270 valence electrons. The van der Waals surface area contributed by atoms with Gasteiger partial charge < -0.3 is 15.0 Å². The smallest absolute Gasteiger partial charge is 0.269 e. The number of benzene rings is 3. The lowest BCUT2D eigenvalue weighted by Gasteiger charge is -2.10. The molecule has 8 rings (SSSR count). The Labute approximate surface area is 293 Å². The third kappa shape index (κ3) is 5.10. The van der Waals surface area contributed by atoms with Gasteiger partial charge in [0.05, 0.1) is 38.5 Å². The molecule has 4 aromatic heterocycles. The summed E-state index contributed by atoms with van der Waals surface area (Å²) in [5, 5.41) is 11.4. The number of nitrogens with zero attached hydrogens (tertiary/aromatic N) is 2. The van der Waals surface area contributed by atoms with E-state index in [1.165, 1.54) is 60.7 Å². The Kier molecular flexibility index (Phi) is 7.82. The van der Waals surface area contributed by atoms with Gasteiger partial charge in [-0.25, -0.2) is 48.9 Å². The van der Waals surface area contributed by atoms with Gasteiger partial charge in [-0.3, -0.25) is 10.1 Å². The number of nitro groups is 1. The van der Waals surface area contributed by atoms with Gasteiger partial charge in [-0.05, 0) is 66.2 Å². The van der Waals surface area contributed by atoms with Crippen LogP contribution in [0.2, 0.25) is 0 Å². The molecule has 3 aromatic carbocycles. The number of aromatic nitrogens is 4. The van der Waals surface area contributed by atoms with E-state index in [9.17, 15) is 36.5 Å². The molecule has 7 aromatic rings. The highest BCUT2D eigenvalue weighted by Gasteiger charge is 2.31. The SMILES string of the molecule is O=[N+]([O-])c1ccc(-c2c3nc(c(-c4c(F)c(F)c(F)c(F)c4F)c4ccc([nH]4)c4ccc([nH]4)c(-c4c(F)c(F)c(F)c(F)c4F)c4ccc2[nH]4)C=C3)cc1. The minimum Gasteiger partial charge on any atom is -0.354 e. The maximum Gasteiger partial charge on any atom is 0.269 e. The van der Waals surface area contributed by atoms with E-state index >= 15 is 17.6 Å². The van der Waals surface area contributed by atoms with Crippen LogP contribution in [0, 0.1) is 68.3 Å². The van der Waals surface area contributed by atoms with Crippen LogP contribution in [0.15, 0.2) is 60.7 Å².